The monoisotopic (exact) mass is 472 g/mol. The van der Waals surface area contributed by atoms with E-state index in [4.69, 9.17) is 9.47 Å². The molecule has 0 bridgehead atoms. The minimum Gasteiger partial charge on any atom is -0.507 e. The summed E-state index contributed by atoms with van der Waals surface area (Å²) in [5, 5.41) is 11.2. The molecule has 35 heavy (non-hydrogen) atoms. The van der Waals surface area contributed by atoms with Crippen LogP contribution in [0.4, 0.5) is 0 Å². The molecular weight excluding hydrogens is 444 g/mol. The third kappa shape index (κ3) is 5.19. The van der Waals surface area contributed by atoms with Crippen molar-refractivity contribution in [3.63, 3.8) is 0 Å². The number of benzene rings is 2. The minimum atomic E-state index is -0.762. The second-order valence-corrected chi connectivity index (χ2v) is 8.16. The number of carbonyl (C=O) groups excluding carboxylic acids is 2. The van der Waals surface area contributed by atoms with Crippen molar-refractivity contribution in [2.45, 2.75) is 32.9 Å². The molecule has 1 fully saturated rings. The number of pyridine rings is 1. The van der Waals surface area contributed by atoms with Crippen molar-refractivity contribution >= 4 is 17.4 Å². The molecular formula is C28H28N2O5. The largest absolute Gasteiger partial charge is 0.507 e. The molecule has 0 spiro atoms. The molecule has 1 aliphatic heterocycles. The number of likely N-dealkylation sites (tertiary alicyclic amines) is 1. The zero-order valence-electron chi connectivity index (χ0n) is 19.8. The van der Waals surface area contributed by atoms with Gasteiger partial charge in [-0.2, -0.15) is 0 Å². The maximum Gasteiger partial charge on any atom is 0.295 e. The van der Waals surface area contributed by atoms with Crippen molar-refractivity contribution in [2.24, 2.45) is 0 Å². The number of rotatable bonds is 9. The molecule has 180 valence electrons. The Labute approximate surface area is 204 Å². The summed E-state index contributed by atoms with van der Waals surface area (Å²) in [6.45, 7) is 5.20. The van der Waals surface area contributed by atoms with E-state index in [1.54, 1.807) is 42.7 Å². The Morgan fingerprint density at radius 1 is 0.971 bits per heavy atom. The first kappa shape index (κ1) is 24.0. The summed E-state index contributed by atoms with van der Waals surface area (Å²) < 4.78 is 11.2. The molecule has 1 N–H and O–H groups in total. The van der Waals surface area contributed by atoms with Gasteiger partial charge < -0.3 is 19.5 Å². The molecule has 1 atom stereocenters. The van der Waals surface area contributed by atoms with Crippen LogP contribution >= 0.6 is 0 Å². The SMILES string of the molecule is CCCOc1ccc([C@@H]2C(=C(O)c3ccc(OCC)cc3)C(=O)C(=O)N2Cc2cccnc2)cc1. The molecule has 2 heterocycles. The Kier molecular flexibility index (Phi) is 7.45. The lowest BCUT2D eigenvalue weighted by Gasteiger charge is -2.25. The maximum atomic E-state index is 13.2. The van der Waals surface area contributed by atoms with Crippen LogP contribution in [0.1, 0.15) is 43.0 Å². The van der Waals surface area contributed by atoms with Crippen molar-refractivity contribution in [3.05, 3.63) is 95.3 Å². The first-order chi connectivity index (χ1) is 17.0. The summed E-state index contributed by atoms with van der Waals surface area (Å²) in [7, 11) is 0. The number of aliphatic hydroxyl groups is 1. The summed E-state index contributed by atoms with van der Waals surface area (Å²) in [5.74, 6) is -0.266. The second-order valence-electron chi connectivity index (χ2n) is 8.16. The smallest absolute Gasteiger partial charge is 0.295 e. The van der Waals surface area contributed by atoms with Gasteiger partial charge in [-0.15, -0.1) is 0 Å². The van der Waals surface area contributed by atoms with Crippen LogP contribution in [0.15, 0.2) is 78.6 Å². The van der Waals surface area contributed by atoms with Gasteiger partial charge in [-0.1, -0.05) is 25.1 Å². The van der Waals surface area contributed by atoms with E-state index in [2.05, 4.69) is 4.98 Å². The number of hydrogen-bond acceptors (Lipinski definition) is 6. The quantitative estimate of drug-likeness (QED) is 0.271. The van der Waals surface area contributed by atoms with Gasteiger partial charge in [0.1, 0.15) is 17.3 Å². The Morgan fingerprint density at radius 2 is 1.66 bits per heavy atom. The highest BCUT2D eigenvalue weighted by atomic mass is 16.5. The lowest BCUT2D eigenvalue weighted by atomic mass is 9.95. The Balaban J connectivity index is 1.77. The van der Waals surface area contributed by atoms with Gasteiger partial charge in [-0.05, 0) is 66.9 Å². The molecule has 4 rings (SSSR count). The van der Waals surface area contributed by atoms with E-state index in [1.165, 1.54) is 4.90 Å². The highest BCUT2D eigenvalue weighted by Crippen LogP contribution is 2.40. The third-order valence-corrected chi connectivity index (χ3v) is 5.72. The summed E-state index contributed by atoms with van der Waals surface area (Å²) in [6.07, 6.45) is 4.19. The van der Waals surface area contributed by atoms with Crippen LogP contribution in [0, 0.1) is 0 Å². The number of nitrogens with zero attached hydrogens (tertiary/aromatic N) is 2. The number of amides is 1. The van der Waals surface area contributed by atoms with Crippen molar-refractivity contribution in [1.82, 2.24) is 9.88 Å². The number of hydrogen-bond donors (Lipinski definition) is 1. The molecule has 2 aromatic carbocycles. The Morgan fingerprint density at radius 3 is 2.29 bits per heavy atom. The molecule has 0 aliphatic carbocycles. The number of Topliss-reactive ketones (excluding diaryl/α,β-unsaturated/α-hetero) is 1. The number of carbonyl (C=O) groups is 2. The summed E-state index contributed by atoms with van der Waals surface area (Å²) in [4.78, 5) is 32.0. The van der Waals surface area contributed by atoms with E-state index in [0.717, 1.165) is 12.0 Å². The molecule has 3 aromatic rings. The summed E-state index contributed by atoms with van der Waals surface area (Å²) >= 11 is 0. The van der Waals surface area contributed by atoms with E-state index >= 15 is 0 Å². The van der Waals surface area contributed by atoms with Gasteiger partial charge in [0.05, 0.1) is 24.8 Å². The maximum absolute atomic E-state index is 13.2. The van der Waals surface area contributed by atoms with Crippen LogP contribution in [-0.4, -0.2) is 39.9 Å². The first-order valence-electron chi connectivity index (χ1n) is 11.7. The standard InChI is InChI=1S/C28H28N2O5/c1-3-16-35-23-11-7-20(8-12-23)25-24(26(31)21-9-13-22(14-10-21)34-4-2)27(32)28(33)30(25)18-19-6-5-15-29-17-19/h5-15,17,25,31H,3-4,16,18H2,1-2H3/t25-/m1/s1. The van der Waals surface area contributed by atoms with Crippen molar-refractivity contribution < 1.29 is 24.2 Å². The Hall–Kier alpha value is -4.13. The normalized spacial score (nSPS) is 17.0. The fourth-order valence-corrected chi connectivity index (χ4v) is 4.08. The lowest BCUT2D eigenvalue weighted by molar-refractivity contribution is -0.140. The molecule has 1 amide bonds. The molecule has 7 nitrogen and oxygen atoms in total. The fourth-order valence-electron chi connectivity index (χ4n) is 4.08. The highest BCUT2D eigenvalue weighted by Gasteiger charge is 2.46. The zero-order chi connectivity index (χ0) is 24.8. The van der Waals surface area contributed by atoms with Gasteiger partial charge in [-0.3, -0.25) is 14.6 Å². The van der Waals surface area contributed by atoms with Crippen LogP contribution < -0.4 is 9.47 Å². The van der Waals surface area contributed by atoms with E-state index in [1.807, 2.05) is 44.2 Å². The number of aromatic nitrogens is 1. The van der Waals surface area contributed by atoms with E-state index < -0.39 is 17.7 Å². The Bertz CT molecular complexity index is 1200. The van der Waals surface area contributed by atoms with Crippen LogP contribution in [-0.2, 0) is 16.1 Å². The van der Waals surface area contributed by atoms with E-state index in [9.17, 15) is 14.7 Å². The van der Waals surface area contributed by atoms with E-state index in [0.29, 0.717) is 35.8 Å². The average molecular weight is 473 g/mol. The van der Waals surface area contributed by atoms with Crippen LogP contribution in [0.2, 0.25) is 0 Å². The van der Waals surface area contributed by atoms with E-state index in [-0.39, 0.29) is 17.9 Å². The molecule has 1 aliphatic rings. The lowest BCUT2D eigenvalue weighted by Crippen LogP contribution is -2.29. The van der Waals surface area contributed by atoms with Gasteiger partial charge in [-0.25, -0.2) is 0 Å². The van der Waals surface area contributed by atoms with Gasteiger partial charge in [0.2, 0.25) is 0 Å². The van der Waals surface area contributed by atoms with Crippen LogP contribution in [0.25, 0.3) is 5.76 Å². The van der Waals surface area contributed by atoms with Crippen LogP contribution in [0.5, 0.6) is 11.5 Å². The highest BCUT2D eigenvalue weighted by molar-refractivity contribution is 6.46. The topological polar surface area (TPSA) is 89.0 Å². The summed E-state index contributed by atoms with van der Waals surface area (Å²) in [6, 6.07) is 16.9. The predicted octanol–water partition coefficient (Wildman–Crippen LogP) is 4.89. The number of aliphatic hydroxyl groups excluding tert-OH is 1. The molecule has 7 heteroatoms. The predicted molar refractivity (Wildman–Crippen MR) is 132 cm³/mol. The van der Waals surface area contributed by atoms with Gasteiger partial charge in [0.15, 0.2) is 0 Å². The second kappa shape index (κ2) is 10.9. The molecule has 1 aromatic heterocycles. The number of ketones is 1. The molecule has 0 unspecified atom stereocenters. The fraction of sp³-hybridized carbons (Fsp3) is 0.250. The summed E-state index contributed by atoms with van der Waals surface area (Å²) in [5.41, 5.74) is 1.96. The zero-order valence-corrected chi connectivity index (χ0v) is 19.8. The minimum absolute atomic E-state index is 0.0466. The molecule has 0 saturated carbocycles. The van der Waals surface area contributed by atoms with Gasteiger partial charge >= 0.3 is 0 Å². The van der Waals surface area contributed by atoms with Gasteiger partial charge in [0.25, 0.3) is 11.7 Å². The third-order valence-electron chi connectivity index (χ3n) is 5.72. The van der Waals surface area contributed by atoms with Crippen LogP contribution in [0.3, 0.4) is 0 Å². The van der Waals surface area contributed by atoms with Crippen molar-refractivity contribution in [1.29, 1.82) is 0 Å². The average Bonchev–Trinajstić information content (AvgIpc) is 3.13. The number of ether oxygens (including phenoxy) is 2. The van der Waals surface area contributed by atoms with Crippen molar-refractivity contribution in [2.75, 3.05) is 13.2 Å². The first-order valence-corrected chi connectivity index (χ1v) is 11.7. The molecule has 1 saturated heterocycles. The molecule has 0 radical (unpaired) electrons. The van der Waals surface area contributed by atoms with Gasteiger partial charge in [0, 0.05) is 24.5 Å². The van der Waals surface area contributed by atoms with Crippen molar-refractivity contribution in [3.8, 4) is 11.5 Å².